The molecular weight excluding hydrogens is 785 g/mol. The van der Waals surface area contributed by atoms with Crippen LogP contribution in [-0.4, -0.2) is 25.2 Å². The van der Waals surface area contributed by atoms with E-state index in [-0.39, 0.29) is 42.0 Å². The molecule has 280 valence electrons. The number of fused-ring (bicyclic) bond motifs is 2. The Labute approximate surface area is 342 Å². The van der Waals surface area contributed by atoms with Crippen LogP contribution in [-0.2, 0) is 37.3 Å². The molecule has 2 aliphatic rings. The normalized spacial score (nSPS) is 19.2. The van der Waals surface area contributed by atoms with Crippen LogP contribution >= 0.6 is 68.0 Å². The number of allylic oxidation sites excluding steroid dienone is 2. The maximum Gasteiger partial charge on any atom is 0.310 e. The molecule has 8 rings (SSSR count). The first-order valence-electron chi connectivity index (χ1n) is 18.4. The number of carbonyl (C=O) groups is 2. The first kappa shape index (κ1) is 37.8. The molecule has 0 saturated heterocycles. The lowest BCUT2D eigenvalue weighted by Gasteiger charge is -2.27. The van der Waals surface area contributed by atoms with E-state index in [1.54, 1.807) is 56.7 Å². The van der Waals surface area contributed by atoms with Crippen LogP contribution in [0.25, 0.3) is 39.0 Å². The molecule has 6 aromatic heterocycles. The summed E-state index contributed by atoms with van der Waals surface area (Å²) in [6.45, 7) is 13.8. The molecule has 0 aliphatic heterocycles. The van der Waals surface area contributed by atoms with E-state index in [1.807, 2.05) is 11.3 Å². The Hall–Kier alpha value is -3.12. The SMILES string of the molecule is Cc1ccc(-c2cc(CC(=O)OCC3C4C=CC(C4)C3COC(=O)Cc3cc(-c4ccc(C)s4)sc3-c3ccc(C(C)(C)C)s3)c(-c3ccc(C)s3)s2)s1. The minimum atomic E-state index is -0.205. The van der Waals surface area contributed by atoms with E-state index in [0.717, 1.165) is 27.3 Å². The summed E-state index contributed by atoms with van der Waals surface area (Å²) in [6, 6.07) is 21.7. The predicted octanol–water partition coefficient (Wildman–Crippen LogP) is 13.3. The Morgan fingerprint density at radius 1 is 0.574 bits per heavy atom. The molecule has 0 aromatic carbocycles. The summed E-state index contributed by atoms with van der Waals surface area (Å²) < 4.78 is 12.2. The number of esters is 2. The van der Waals surface area contributed by atoms with Crippen molar-refractivity contribution >= 4 is 80.0 Å². The third kappa shape index (κ3) is 8.06. The van der Waals surface area contributed by atoms with E-state index in [2.05, 4.69) is 114 Å². The second-order valence-electron chi connectivity index (χ2n) is 15.6. The van der Waals surface area contributed by atoms with Gasteiger partial charge in [0, 0.05) is 70.4 Å². The van der Waals surface area contributed by atoms with E-state index in [0.29, 0.717) is 25.0 Å². The maximum atomic E-state index is 13.6. The van der Waals surface area contributed by atoms with Crippen LogP contribution in [0.15, 0.2) is 72.8 Å². The molecule has 2 bridgehead atoms. The van der Waals surface area contributed by atoms with Gasteiger partial charge in [-0.2, -0.15) is 0 Å². The Kier molecular flexibility index (Phi) is 10.8. The Bertz CT molecular complexity index is 2330. The van der Waals surface area contributed by atoms with E-state index in [1.165, 1.54) is 48.8 Å². The van der Waals surface area contributed by atoms with Crippen molar-refractivity contribution in [1.29, 1.82) is 0 Å². The monoisotopic (exact) mass is 828 g/mol. The van der Waals surface area contributed by atoms with E-state index >= 15 is 0 Å². The van der Waals surface area contributed by atoms with Crippen molar-refractivity contribution < 1.29 is 19.1 Å². The van der Waals surface area contributed by atoms with Crippen molar-refractivity contribution in [3.05, 3.63) is 103 Å². The van der Waals surface area contributed by atoms with E-state index in [9.17, 15) is 9.59 Å². The predicted molar refractivity (Wildman–Crippen MR) is 232 cm³/mol. The quantitative estimate of drug-likeness (QED) is 0.0911. The number of ether oxygens (including phenoxy) is 2. The summed E-state index contributed by atoms with van der Waals surface area (Å²) in [5, 5.41) is 0. The molecule has 0 radical (unpaired) electrons. The van der Waals surface area contributed by atoms with Gasteiger partial charge in [0.2, 0.25) is 0 Å². The number of rotatable bonds is 12. The fourth-order valence-corrected chi connectivity index (χ4v) is 14.1. The van der Waals surface area contributed by atoms with Crippen LogP contribution in [0.1, 0.15) is 57.8 Å². The van der Waals surface area contributed by atoms with Crippen LogP contribution in [0.2, 0.25) is 0 Å². The third-order valence-electron chi connectivity index (χ3n) is 10.5. The lowest BCUT2D eigenvalue weighted by Crippen LogP contribution is -2.30. The molecule has 1 fully saturated rings. The Morgan fingerprint density at radius 3 is 1.41 bits per heavy atom. The molecule has 0 spiro atoms. The van der Waals surface area contributed by atoms with Crippen molar-refractivity contribution in [3.63, 3.8) is 0 Å². The second-order valence-corrected chi connectivity index (χ2v) is 22.6. The van der Waals surface area contributed by atoms with Crippen LogP contribution in [0.3, 0.4) is 0 Å². The maximum absolute atomic E-state index is 13.6. The Morgan fingerprint density at radius 2 is 1.00 bits per heavy atom. The molecule has 6 heterocycles. The molecular formula is C44H44O4S6. The average Bonchev–Trinajstić information content (AvgIpc) is 3.96. The highest BCUT2D eigenvalue weighted by Crippen LogP contribution is 2.49. The van der Waals surface area contributed by atoms with Crippen molar-refractivity contribution in [2.75, 3.05) is 13.2 Å². The Balaban J connectivity index is 0.932. The first-order valence-corrected chi connectivity index (χ1v) is 23.3. The average molecular weight is 829 g/mol. The minimum Gasteiger partial charge on any atom is -0.465 e. The zero-order valence-corrected chi connectivity index (χ0v) is 36.3. The third-order valence-corrected chi connectivity index (χ3v) is 18.1. The first-order chi connectivity index (χ1) is 25.9. The van der Waals surface area contributed by atoms with E-state index in [4.69, 9.17) is 9.47 Å². The van der Waals surface area contributed by atoms with Crippen molar-refractivity contribution in [1.82, 2.24) is 0 Å². The number of hydrogen-bond acceptors (Lipinski definition) is 10. The number of hydrogen-bond donors (Lipinski definition) is 0. The fourth-order valence-electron chi connectivity index (χ4n) is 7.65. The molecule has 4 nitrogen and oxygen atoms in total. The van der Waals surface area contributed by atoms with Gasteiger partial charge in [-0.3, -0.25) is 9.59 Å². The van der Waals surface area contributed by atoms with E-state index < -0.39 is 0 Å². The number of thiophene rings is 6. The van der Waals surface area contributed by atoms with Gasteiger partial charge in [-0.15, -0.1) is 68.0 Å². The highest BCUT2D eigenvalue weighted by atomic mass is 32.1. The van der Waals surface area contributed by atoms with Gasteiger partial charge in [0.1, 0.15) is 0 Å². The van der Waals surface area contributed by atoms with Gasteiger partial charge >= 0.3 is 11.9 Å². The lowest BCUT2D eigenvalue weighted by atomic mass is 9.84. The highest BCUT2D eigenvalue weighted by Gasteiger charge is 2.45. The molecule has 4 atom stereocenters. The summed E-state index contributed by atoms with van der Waals surface area (Å²) in [5.41, 5.74) is 2.11. The fraction of sp³-hybridized carbons (Fsp3) is 0.364. The highest BCUT2D eigenvalue weighted by molar-refractivity contribution is 7.27. The van der Waals surface area contributed by atoms with Crippen LogP contribution in [0.5, 0.6) is 0 Å². The summed E-state index contributed by atoms with van der Waals surface area (Å²) in [6.07, 6.45) is 6.03. The summed E-state index contributed by atoms with van der Waals surface area (Å²) >= 11 is 10.7. The summed E-state index contributed by atoms with van der Waals surface area (Å²) in [4.78, 5) is 41.7. The van der Waals surface area contributed by atoms with Gasteiger partial charge in [0.05, 0.1) is 26.1 Å². The molecule has 10 heteroatoms. The zero-order chi connectivity index (χ0) is 37.7. The van der Waals surface area contributed by atoms with Crippen molar-refractivity contribution in [2.24, 2.45) is 23.7 Å². The standard InChI is InChI=1S/C44H44O4S6/c1-24-7-12-33(49-24)37-18-29(42(53-37)35-14-9-26(3)51-35)20-40(45)47-22-31-27-10-11-28(17-27)32(31)23-48-41(46)21-30-19-38(34-13-8-25(2)50-34)54-43(30)36-15-16-39(52-36)44(4,5)6/h7-16,18-19,27-28,31-32H,17,20-23H2,1-6H3. The minimum absolute atomic E-state index is 0.0656. The molecule has 54 heavy (non-hydrogen) atoms. The van der Waals surface area contributed by atoms with Gasteiger partial charge in [-0.1, -0.05) is 32.9 Å². The summed E-state index contributed by atoms with van der Waals surface area (Å²) in [7, 11) is 0. The zero-order valence-electron chi connectivity index (χ0n) is 31.4. The molecule has 1 saturated carbocycles. The van der Waals surface area contributed by atoms with Gasteiger partial charge in [0.25, 0.3) is 0 Å². The molecule has 2 aliphatic carbocycles. The molecule has 0 amide bonds. The smallest absolute Gasteiger partial charge is 0.310 e. The molecule has 0 N–H and O–H groups in total. The van der Waals surface area contributed by atoms with Crippen molar-refractivity contribution in [2.45, 2.75) is 66.2 Å². The molecule has 4 unspecified atom stereocenters. The van der Waals surface area contributed by atoms with Gasteiger partial charge in [0.15, 0.2) is 0 Å². The van der Waals surface area contributed by atoms with Crippen molar-refractivity contribution in [3.8, 4) is 39.0 Å². The number of carbonyl (C=O) groups excluding carboxylic acids is 2. The van der Waals surface area contributed by atoms with Crippen LogP contribution in [0.4, 0.5) is 0 Å². The molecule has 6 aromatic rings. The van der Waals surface area contributed by atoms with Crippen LogP contribution in [0, 0.1) is 44.4 Å². The van der Waals surface area contributed by atoms with Gasteiger partial charge < -0.3 is 9.47 Å². The lowest BCUT2D eigenvalue weighted by molar-refractivity contribution is -0.149. The van der Waals surface area contributed by atoms with Gasteiger partial charge in [-0.25, -0.2) is 0 Å². The summed E-state index contributed by atoms with van der Waals surface area (Å²) in [5.74, 6) is 0.528. The van der Waals surface area contributed by atoms with Gasteiger partial charge in [-0.05, 0) is 116 Å². The topological polar surface area (TPSA) is 52.6 Å². The second kappa shape index (κ2) is 15.4. The van der Waals surface area contributed by atoms with Crippen LogP contribution < -0.4 is 0 Å². The number of aryl methyl sites for hydroxylation is 3. The largest absolute Gasteiger partial charge is 0.465 e.